The number of nitrogens with one attached hydrogen (secondary N) is 1. The summed E-state index contributed by atoms with van der Waals surface area (Å²) in [5.41, 5.74) is 3.64. The Morgan fingerprint density at radius 2 is 1.83 bits per heavy atom. The molecular formula is C14H25N3S. The molecule has 0 fully saturated rings. The average molecular weight is 267 g/mol. The van der Waals surface area contributed by atoms with Gasteiger partial charge in [0.05, 0.1) is 5.75 Å². The second-order valence-corrected chi connectivity index (χ2v) is 5.65. The number of rotatable bonds is 8. The molecule has 0 aliphatic carbocycles. The van der Waals surface area contributed by atoms with Crippen molar-refractivity contribution in [2.45, 2.75) is 45.8 Å². The van der Waals surface area contributed by atoms with Crippen molar-refractivity contribution in [2.75, 3.05) is 19.3 Å². The largest absolute Gasteiger partial charge is 0.320 e. The van der Waals surface area contributed by atoms with E-state index < -0.39 is 0 Å². The fourth-order valence-electron chi connectivity index (χ4n) is 1.99. The minimum atomic E-state index is 0.937. The average Bonchev–Trinajstić information content (AvgIpc) is 2.33. The van der Waals surface area contributed by atoms with E-state index in [9.17, 15) is 0 Å². The van der Waals surface area contributed by atoms with Gasteiger partial charge in [0.15, 0.2) is 0 Å². The van der Waals surface area contributed by atoms with Crippen molar-refractivity contribution in [1.82, 2.24) is 15.3 Å². The lowest BCUT2D eigenvalue weighted by molar-refractivity contribution is 0.713. The molecular weight excluding hydrogens is 242 g/mol. The van der Waals surface area contributed by atoms with Crippen molar-refractivity contribution in [3.05, 3.63) is 22.8 Å². The summed E-state index contributed by atoms with van der Waals surface area (Å²) in [4.78, 5) is 9.26. The first-order valence-electron chi connectivity index (χ1n) is 6.74. The smallest absolute Gasteiger partial charge is 0.138 e. The first-order valence-corrected chi connectivity index (χ1v) is 7.89. The number of nitrogens with zero attached hydrogens (tertiary/aromatic N) is 2. The summed E-state index contributed by atoms with van der Waals surface area (Å²) in [6, 6.07) is 0. The van der Waals surface area contributed by atoms with E-state index in [-0.39, 0.29) is 0 Å². The van der Waals surface area contributed by atoms with Gasteiger partial charge in [-0.1, -0.05) is 6.92 Å². The Kier molecular flexibility index (Phi) is 7.28. The summed E-state index contributed by atoms with van der Waals surface area (Å²) in [5.74, 6) is 3.11. The molecule has 0 saturated carbocycles. The molecule has 3 nitrogen and oxygen atoms in total. The van der Waals surface area contributed by atoms with E-state index in [4.69, 9.17) is 0 Å². The van der Waals surface area contributed by atoms with Crippen molar-refractivity contribution >= 4 is 11.8 Å². The molecule has 0 spiro atoms. The lowest BCUT2D eigenvalue weighted by Gasteiger charge is -2.10. The second kappa shape index (κ2) is 8.48. The summed E-state index contributed by atoms with van der Waals surface area (Å²) >= 11 is 1.92. The van der Waals surface area contributed by atoms with Crippen LogP contribution in [0.4, 0.5) is 0 Å². The van der Waals surface area contributed by atoms with Gasteiger partial charge in [-0.25, -0.2) is 9.97 Å². The maximum Gasteiger partial charge on any atom is 0.138 e. The number of hydrogen-bond donors (Lipinski definition) is 1. The van der Waals surface area contributed by atoms with Crippen LogP contribution in [0.1, 0.15) is 42.5 Å². The van der Waals surface area contributed by atoms with Crippen molar-refractivity contribution in [3.8, 4) is 0 Å². The molecule has 1 heterocycles. The normalized spacial score (nSPS) is 10.9. The molecule has 0 bridgehead atoms. The molecule has 0 aliphatic heterocycles. The molecule has 0 amide bonds. The third-order valence-corrected chi connectivity index (χ3v) is 4.06. The van der Waals surface area contributed by atoms with E-state index in [0.717, 1.165) is 42.4 Å². The fraction of sp³-hybridized carbons (Fsp3) is 0.714. The van der Waals surface area contributed by atoms with Gasteiger partial charge in [-0.3, -0.25) is 0 Å². The van der Waals surface area contributed by atoms with Gasteiger partial charge < -0.3 is 5.32 Å². The Balaban J connectivity index is 2.65. The third-order valence-electron chi connectivity index (χ3n) is 2.90. The highest BCUT2D eigenvalue weighted by Gasteiger charge is 2.08. The number of aryl methyl sites for hydroxylation is 2. The Labute approximate surface area is 115 Å². The first kappa shape index (κ1) is 15.4. The Hall–Kier alpha value is -0.610. The van der Waals surface area contributed by atoms with Gasteiger partial charge in [0.25, 0.3) is 0 Å². The van der Waals surface area contributed by atoms with Crippen LogP contribution in [0.5, 0.6) is 0 Å². The first-order chi connectivity index (χ1) is 8.69. The number of aromatic nitrogens is 2. The van der Waals surface area contributed by atoms with Crippen LogP contribution < -0.4 is 5.32 Å². The van der Waals surface area contributed by atoms with Gasteiger partial charge in [-0.05, 0) is 58.0 Å². The maximum absolute atomic E-state index is 4.63. The highest BCUT2D eigenvalue weighted by Crippen LogP contribution is 2.16. The zero-order valence-electron chi connectivity index (χ0n) is 12.0. The summed E-state index contributed by atoms with van der Waals surface area (Å²) in [6.07, 6.45) is 3.43. The molecule has 0 saturated heterocycles. The van der Waals surface area contributed by atoms with E-state index in [1.54, 1.807) is 0 Å². The quantitative estimate of drug-likeness (QED) is 0.735. The monoisotopic (exact) mass is 267 g/mol. The standard InChI is InChI=1S/C14H25N3S/c1-5-9-18-10-14-16-11(2)13(12(3)17-14)7-6-8-15-4/h15H,5-10H2,1-4H3. The van der Waals surface area contributed by atoms with Gasteiger partial charge in [0.2, 0.25) is 0 Å². The van der Waals surface area contributed by atoms with Gasteiger partial charge >= 0.3 is 0 Å². The lowest BCUT2D eigenvalue weighted by atomic mass is 10.1. The summed E-state index contributed by atoms with van der Waals surface area (Å²) in [7, 11) is 1.99. The van der Waals surface area contributed by atoms with Gasteiger partial charge in [-0.15, -0.1) is 0 Å². The molecule has 18 heavy (non-hydrogen) atoms. The van der Waals surface area contributed by atoms with E-state index in [1.165, 1.54) is 17.7 Å². The van der Waals surface area contributed by atoms with Crippen molar-refractivity contribution in [1.29, 1.82) is 0 Å². The van der Waals surface area contributed by atoms with Crippen LogP contribution in [0, 0.1) is 13.8 Å². The lowest BCUT2D eigenvalue weighted by Crippen LogP contribution is -2.11. The van der Waals surface area contributed by atoms with Gasteiger partial charge in [-0.2, -0.15) is 11.8 Å². The van der Waals surface area contributed by atoms with Crippen LogP contribution in [-0.2, 0) is 12.2 Å². The zero-order valence-corrected chi connectivity index (χ0v) is 12.9. The predicted molar refractivity (Wildman–Crippen MR) is 80.2 cm³/mol. The minimum Gasteiger partial charge on any atom is -0.320 e. The molecule has 1 aromatic heterocycles. The molecule has 0 aliphatic rings. The molecule has 4 heteroatoms. The molecule has 0 radical (unpaired) electrons. The Bertz CT molecular complexity index is 343. The molecule has 0 atom stereocenters. The van der Waals surface area contributed by atoms with E-state index in [0.29, 0.717) is 0 Å². The highest BCUT2D eigenvalue weighted by atomic mass is 32.2. The summed E-state index contributed by atoms with van der Waals surface area (Å²) < 4.78 is 0. The van der Waals surface area contributed by atoms with Crippen LogP contribution in [0.3, 0.4) is 0 Å². The van der Waals surface area contributed by atoms with Crippen LogP contribution in [0.25, 0.3) is 0 Å². The van der Waals surface area contributed by atoms with Crippen LogP contribution in [0.2, 0.25) is 0 Å². The Morgan fingerprint density at radius 3 is 2.39 bits per heavy atom. The molecule has 1 N–H and O–H groups in total. The molecule has 0 aromatic carbocycles. The fourth-order valence-corrected chi connectivity index (χ4v) is 2.73. The molecule has 0 unspecified atom stereocenters. The maximum atomic E-state index is 4.63. The van der Waals surface area contributed by atoms with Crippen molar-refractivity contribution in [2.24, 2.45) is 0 Å². The van der Waals surface area contributed by atoms with Crippen LogP contribution in [-0.4, -0.2) is 29.3 Å². The second-order valence-electron chi connectivity index (χ2n) is 4.55. The highest BCUT2D eigenvalue weighted by molar-refractivity contribution is 7.98. The molecule has 102 valence electrons. The van der Waals surface area contributed by atoms with E-state index in [2.05, 4.69) is 36.1 Å². The molecule has 1 rings (SSSR count). The van der Waals surface area contributed by atoms with Crippen LogP contribution in [0.15, 0.2) is 0 Å². The Morgan fingerprint density at radius 1 is 1.17 bits per heavy atom. The number of thioether (sulfide) groups is 1. The number of hydrogen-bond acceptors (Lipinski definition) is 4. The van der Waals surface area contributed by atoms with Gasteiger partial charge in [0, 0.05) is 11.4 Å². The topological polar surface area (TPSA) is 37.8 Å². The molecule has 1 aromatic rings. The van der Waals surface area contributed by atoms with E-state index in [1.807, 2.05) is 18.8 Å². The van der Waals surface area contributed by atoms with Crippen molar-refractivity contribution in [3.63, 3.8) is 0 Å². The SMILES string of the molecule is CCCSCc1nc(C)c(CCCNC)c(C)n1. The third kappa shape index (κ3) is 4.94. The van der Waals surface area contributed by atoms with Gasteiger partial charge in [0.1, 0.15) is 5.82 Å². The van der Waals surface area contributed by atoms with Crippen LogP contribution >= 0.6 is 11.8 Å². The summed E-state index contributed by atoms with van der Waals surface area (Å²) in [5, 5.41) is 3.18. The van der Waals surface area contributed by atoms with Crippen molar-refractivity contribution < 1.29 is 0 Å². The zero-order chi connectivity index (χ0) is 13.4. The predicted octanol–water partition coefficient (Wildman–Crippen LogP) is 2.89. The van der Waals surface area contributed by atoms with E-state index >= 15 is 0 Å². The summed E-state index contributed by atoms with van der Waals surface area (Å²) in [6.45, 7) is 7.47. The minimum absolute atomic E-state index is 0.937.